The third kappa shape index (κ3) is 3.02. The van der Waals surface area contributed by atoms with Gasteiger partial charge < -0.3 is 5.32 Å². The lowest BCUT2D eigenvalue weighted by Crippen LogP contribution is -2.28. The van der Waals surface area contributed by atoms with Gasteiger partial charge in [0.25, 0.3) is 0 Å². The Hall–Kier alpha value is -2.42. The van der Waals surface area contributed by atoms with Gasteiger partial charge in [-0.3, -0.25) is 9.78 Å². The third-order valence-electron chi connectivity index (χ3n) is 4.04. The summed E-state index contributed by atoms with van der Waals surface area (Å²) in [5.41, 5.74) is 2.44. The van der Waals surface area contributed by atoms with Gasteiger partial charge in [0.1, 0.15) is 0 Å². The number of nitrogens with zero attached hydrogens (tertiary/aromatic N) is 1. The van der Waals surface area contributed by atoms with Gasteiger partial charge in [0.05, 0.1) is 6.04 Å². The van der Waals surface area contributed by atoms with E-state index in [4.69, 9.17) is 0 Å². The van der Waals surface area contributed by atoms with Crippen molar-refractivity contribution in [2.75, 3.05) is 0 Å². The number of carbonyl (C=O) groups is 1. The van der Waals surface area contributed by atoms with Crippen molar-refractivity contribution in [3.63, 3.8) is 0 Å². The summed E-state index contributed by atoms with van der Waals surface area (Å²) in [4.78, 5) is 15.8. The van der Waals surface area contributed by atoms with Crippen LogP contribution in [-0.2, 0) is 4.79 Å². The Morgan fingerprint density at radius 2 is 1.95 bits per heavy atom. The molecule has 3 rings (SSSR count). The molecular weight excluding hydrogens is 260 g/mol. The molecule has 3 heteroatoms. The summed E-state index contributed by atoms with van der Waals surface area (Å²) >= 11 is 0. The van der Waals surface area contributed by atoms with Gasteiger partial charge in [0.15, 0.2) is 0 Å². The highest BCUT2D eigenvalue weighted by atomic mass is 16.1. The van der Waals surface area contributed by atoms with E-state index in [0.717, 1.165) is 12.0 Å². The summed E-state index contributed by atoms with van der Waals surface area (Å²) in [6.45, 7) is 3.54. The standard InChI is InChI=1S/C18H18N2O/c1-2-17(21)20-18(14-6-4-3-5-7-14)16-12-15(16)13-8-10-19-11-9-13/h2-11,15-16,18H,1,12H2,(H,20,21). The number of aromatic nitrogens is 1. The molecule has 1 fully saturated rings. The van der Waals surface area contributed by atoms with Crippen LogP contribution in [0.4, 0.5) is 0 Å². The summed E-state index contributed by atoms with van der Waals surface area (Å²) in [5, 5.41) is 3.07. The number of nitrogens with one attached hydrogen (secondary N) is 1. The highest BCUT2D eigenvalue weighted by Crippen LogP contribution is 2.53. The fourth-order valence-corrected chi connectivity index (χ4v) is 2.89. The fourth-order valence-electron chi connectivity index (χ4n) is 2.89. The molecule has 1 amide bonds. The molecule has 3 nitrogen and oxygen atoms in total. The Bertz CT molecular complexity index is 624. The number of pyridine rings is 1. The first-order chi connectivity index (χ1) is 10.3. The molecule has 1 aliphatic rings. The highest BCUT2D eigenvalue weighted by molar-refractivity contribution is 5.87. The second-order valence-electron chi connectivity index (χ2n) is 5.39. The van der Waals surface area contributed by atoms with Crippen LogP contribution in [0, 0.1) is 5.92 Å². The molecule has 1 heterocycles. The molecule has 3 unspecified atom stereocenters. The molecule has 106 valence electrons. The van der Waals surface area contributed by atoms with Crippen molar-refractivity contribution in [3.8, 4) is 0 Å². The first-order valence-corrected chi connectivity index (χ1v) is 7.17. The van der Waals surface area contributed by atoms with E-state index in [1.165, 1.54) is 11.6 Å². The van der Waals surface area contributed by atoms with Gasteiger partial charge in [0, 0.05) is 12.4 Å². The lowest BCUT2D eigenvalue weighted by Gasteiger charge is -2.19. The lowest BCUT2D eigenvalue weighted by atomic mass is 9.99. The molecule has 0 aliphatic heterocycles. The number of rotatable bonds is 5. The quantitative estimate of drug-likeness (QED) is 0.853. The molecule has 2 aromatic rings. The molecule has 1 saturated carbocycles. The fraction of sp³-hybridized carbons (Fsp3) is 0.222. The van der Waals surface area contributed by atoms with Crippen LogP contribution in [0.15, 0.2) is 67.5 Å². The predicted octanol–water partition coefficient (Wildman–Crippen LogP) is 3.23. The van der Waals surface area contributed by atoms with Crippen LogP contribution >= 0.6 is 0 Å². The molecule has 21 heavy (non-hydrogen) atoms. The summed E-state index contributed by atoms with van der Waals surface area (Å²) in [7, 11) is 0. The zero-order chi connectivity index (χ0) is 14.7. The zero-order valence-electron chi connectivity index (χ0n) is 11.8. The van der Waals surface area contributed by atoms with Crippen molar-refractivity contribution in [2.45, 2.75) is 18.4 Å². The number of amides is 1. The summed E-state index contributed by atoms with van der Waals surface area (Å²) in [5.74, 6) is 0.797. The Labute approximate surface area is 124 Å². The SMILES string of the molecule is C=CC(=O)NC(c1ccccc1)C1CC1c1ccncc1. The average molecular weight is 278 g/mol. The van der Waals surface area contributed by atoms with Crippen LogP contribution in [0.1, 0.15) is 29.5 Å². The largest absolute Gasteiger partial charge is 0.345 e. The van der Waals surface area contributed by atoms with Crippen LogP contribution in [-0.4, -0.2) is 10.9 Å². The van der Waals surface area contributed by atoms with E-state index in [2.05, 4.69) is 41.1 Å². The van der Waals surface area contributed by atoms with Crippen molar-refractivity contribution in [3.05, 3.63) is 78.6 Å². The predicted molar refractivity (Wildman–Crippen MR) is 82.6 cm³/mol. The Balaban J connectivity index is 1.81. The normalized spacial score (nSPS) is 21.3. The van der Waals surface area contributed by atoms with Gasteiger partial charge in [-0.1, -0.05) is 36.9 Å². The molecule has 3 atom stereocenters. The lowest BCUT2D eigenvalue weighted by molar-refractivity contribution is -0.117. The first kappa shape index (κ1) is 13.6. The first-order valence-electron chi connectivity index (χ1n) is 7.17. The van der Waals surface area contributed by atoms with Gasteiger partial charge in [-0.25, -0.2) is 0 Å². The van der Waals surface area contributed by atoms with Crippen molar-refractivity contribution < 1.29 is 4.79 Å². The van der Waals surface area contributed by atoms with Crippen molar-refractivity contribution in [1.82, 2.24) is 10.3 Å². The van der Waals surface area contributed by atoms with E-state index in [1.807, 2.05) is 30.6 Å². The highest BCUT2D eigenvalue weighted by Gasteiger charge is 2.44. The maximum absolute atomic E-state index is 11.7. The van der Waals surface area contributed by atoms with Crippen LogP contribution < -0.4 is 5.32 Å². The van der Waals surface area contributed by atoms with Gasteiger partial charge in [0.2, 0.25) is 5.91 Å². The van der Waals surface area contributed by atoms with Crippen molar-refractivity contribution in [2.24, 2.45) is 5.92 Å². The van der Waals surface area contributed by atoms with Crippen molar-refractivity contribution in [1.29, 1.82) is 0 Å². The second kappa shape index (κ2) is 5.92. The van der Waals surface area contributed by atoms with E-state index < -0.39 is 0 Å². The number of hydrogen-bond donors (Lipinski definition) is 1. The molecule has 1 aromatic heterocycles. The van der Waals surface area contributed by atoms with Gasteiger partial charge >= 0.3 is 0 Å². The van der Waals surface area contributed by atoms with E-state index in [1.54, 1.807) is 0 Å². The molecule has 0 spiro atoms. The van der Waals surface area contributed by atoms with Crippen LogP contribution in [0.5, 0.6) is 0 Å². The van der Waals surface area contributed by atoms with Crippen LogP contribution in [0.2, 0.25) is 0 Å². The summed E-state index contributed by atoms with van der Waals surface area (Å²) in [6.07, 6.45) is 6.07. The molecule has 1 N–H and O–H groups in total. The van der Waals surface area contributed by atoms with Gasteiger partial charge in [-0.15, -0.1) is 0 Å². The van der Waals surface area contributed by atoms with Crippen molar-refractivity contribution >= 4 is 5.91 Å². The topological polar surface area (TPSA) is 42.0 Å². The molecule has 0 saturated heterocycles. The Morgan fingerprint density at radius 1 is 1.24 bits per heavy atom. The second-order valence-corrected chi connectivity index (χ2v) is 5.39. The maximum Gasteiger partial charge on any atom is 0.243 e. The summed E-state index contributed by atoms with van der Waals surface area (Å²) in [6, 6.07) is 14.3. The minimum absolute atomic E-state index is 0.0369. The number of benzene rings is 1. The van der Waals surface area contributed by atoms with E-state index in [9.17, 15) is 4.79 Å². The monoisotopic (exact) mass is 278 g/mol. The molecule has 0 radical (unpaired) electrons. The zero-order valence-corrected chi connectivity index (χ0v) is 11.8. The Morgan fingerprint density at radius 3 is 2.62 bits per heavy atom. The number of hydrogen-bond acceptors (Lipinski definition) is 2. The molecule has 0 bridgehead atoms. The molecule has 1 aliphatic carbocycles. The minimum Gasteiger partial charge on any atom is -0.345 e. The van der Waals surface area contributed by atoms with E-state index in [0.29, 0.717) is 11.8 Å². The molecule has 1 aromatic carbocycles. The smallest absolute Gasteiger partial charge is 0.243 e. The van der Waals surface area contributed by atoms with E-state index >= 15 is 0 Å². The summed E-state index contributed by atoms with van der Waals surface area (Å²) < 4.78 is 0. The Kier molecular flexibility index (Phi) is 3.82. The number of carbonyl (C=O) groups excluding carboxylic acids is 1. The van der Waals surface area contributed by atoms with Gasteiger partial charge in [-0.2, -0.15) is 0 Å². The van der Waals surface area contributed by atoms with Gasteiger partial charge in [-0.05, 0) is 47.6 Å². The average Bonchev–Trinajstić information content (AvgIpc) is 3.34. The third-order valence-corrected chi connectivity index (χ3v) is 4.04. The van der Waals surface area contributed by atoms with Crippen LogP contribution in [0.3, 0.4) is 0 Å². The molecular formula is C18H18N2O. The van der Waals surface area contributed by atoms with Crippen LogP contribution in [0.25, 0.3) is 0 Å². The maximum atomic E-state index is 11.7. The minimum atomic E-state index is -0.121. The van der Waals surface area contributed by atoms with E-state index in [-0.39, 0.29) is 11.9 Å².